The largest absolute Gasteiger partial charge is 0.327 e. The van der Waals surface area contributed by atoms with Crippen molar-refractivity contribution in [2.45, 2.75) is 114 Å². The van der Waals surface area contributed by atoms with Crippen LogP contribution in [0.3, 0.4) is 0 Å². The predicted molar refractivity (Wildman–Crippen MR) is 140 cm³/mol. The van der Waals surface area contributed by atoms with Gasteiger partial charge in [0.1, 0.15) is 0 Å². The van der Waals surface area contributed by atoms with Crippen LogP contribution in [0.1, 0.15) is 108 Å². The maximum Gasteiger partial charge on any atom is 0.279 e. The molecule has 32 heavy (non-hydrogen) atoms. The second-order valence-electron chi connectivity index (χ2n) is 10.7. The summed E-state index contributed by atoms with van der Waals surface area (Å²) in [6.07, 6.45) is 13.5. The Kier molecular flexibility index (Phi) is 17.1. The molecule has 0 aliphatic heterocycles. The van der Waals surface area contributed by atoms with Gasteiger partial charge in [-0.3, -0.25) is 0 Å². The van der Waals surface area contributed by atoms with Crippen molar-refractivity contribution < 1.29 is 14.2 Å². The smallest absolute Gasteiger partial charge is 0.279 e. The fourth-order valence-electron chi connectivity index (χ4n) is 3.23. The summed E-state index contributed by atoms with van der Waals surface area (Å²) >= 11 is 0. The summed E-state index contributed by atoms with van der Waals surface area (Å²) in [6, 6.07) is 0. The summed E-state index contributed by atoms with van der Waals surface area (Å²) in [7, 11) is 0. The van der Waals surface area contributed by atoms with Crippen molar-refractivity contribution in [2.24, 2.45) is 17.8 Å². The number of hydrogen-bond donors (Lipinski definition) is 0. The zero-order chi connectivity index (χ0) is 24.6. The minimum Gasteiger partial charge on any atom is -0.327 e. The van der Waals surface area contributed by atoms with Crippen LogP contribution in [-0.4, -0.2) is 25.8 Å². The summed E-state index contributed by atoms with van der Waals surface area (Å²) in [5.41, 5.74) is 4.12. The highest BCUT2D eigenvalue weighted by Gasteiger charge is 2.29. The lowest BCUT2D eigenvalue weighted by atomic mass is 10.1. The SMILES string of the molecule is CC(C)=CCCC(C)COC(C)(OCC(C)CCC=C(C)C)OCC(C)CCC=C(C)C. The Balaban J connectivity index is 4.78. The lowest BCUT2D eigenvalue weighted by molar-refractivity contribution is -0.377. The molecule has 0 heterocycles. The number of ether oxygens (including phenoxy) is 3. The van der Waals surface area contributed by atoms with E-state index in [9.17, 15) is 0 Å². The third-order valence-corrected chi connectivity index (χ3v) is 5.53. The molecule has 0 fully saturated rings. The monoisotopic (exact) mass is 450 g/mol. The summed E-state index contributed by atoms with van der Waals surface area (Å²) in [4.78, 5) is 0. The highest BCUT2D eigenvalue weighted by Crippen LogP contribution is 2.22. The Morgan fingerprint density at radius 1 is 0.562 bits per heavy atom. The van der Waals surface area contributed by atoms with Crippen LogP contribution in [0.4, 0.5) is 0 Å². The third-order valence-electron chi connectivity index (χ3n) is 5.53. The van der Waals surface area contributed by atoms with Crippen LogP contribution in [0.25, 0.3) is 0 Å². The molecule has 0 aromatic carbocycles. The van der Waals surface area contributed by atoms with Crippen molar-refractivity contribution in [3.05, 3.63) is 34.9 Å². The molecule has 0 N–H and O–H groups in total. The average Bonchev–Trinajstić information content (AvgIpc) is 2.69. The lowest BCUT2D eigenvalue weighted by Gasteiger charge is -2.33. The second kappa shape index (κ2) is 17.6. The molecule has 0 spiro atoms. The van der Waals surface area contributed by atoms with Gasteiger partial charge < -0.3 is 14.2 Å². The van der Waals surface area contributed by atoms with Crippen LogP contribution < -0.4 is 0 Å². The Labute approximate surface area is 200 Å². The zero-order valence-electron chi connectivity index (χ0n) is 23.1. The van der Waals surface area contributed by atoms with Gasteiger partial charge in [0, 0.05) is 6.92 Å². The normalized spacial score (nSPS) is 15.9. The van der Waals surface area contributed by atoms with E-state index in [-0.39, 0.29) is 0 Å². The summed E-state index contributed by atoms with van der Waals surface area (Å²) in [6.45, 7) is 23.5. The molecule has 3 atom stereocenters. The van der Waals surface area contributed by atoms with E-state index in [2.05, 4.69) is 80.5 Å². The van der Waals surface area contributed by atoms with Gasteiger partial charge in [-0.2, -0.15) is 0 Å². The van der Waals surface area contributed by atoms with Crippen molar-refractivity contribution in [3.63, 3.8) is 0 Å². The van der Waals surface area contributed by atoms with Crippen molar-refractivity contribution >= 4 is 0 Å². The summed E-state index contributed by atoms with van der Waals surface area (Å²) < 4.78 is 18.7. The minimum absolute atomic E-state index is 0.460. The maximum atomic E-state index is 6.25. The molecule has 3 heteroatoms. The molecular weight excluding hydrogens is 396 g/mol. The van der Waals surface area contributed by atoms with E-state index in [1.165, 1.54) is 16.7 Å². The average molecular weight is 451 g/mol. The van der Waals surface area contributed by atoms with Gasteiger partial charge in [0.15, 0.2) is 0 Å². The van der Waals surface area contributed by atoms with Crippen LogP contribution in [0.15, 0.2) is 34.9 Å². The first kappa shape index (κ1) is 31.1. The van der Waals surface area contributed by atoms with Crippen LogP contribution in [-0.2, 0) is 14.2 Å². The molecule has 188 valence electrons. The maximum absolute atomic E-state index is 6.25. The third kappa shape index (κ3) is 18.7. The first-order valence-electron chi connectivity index (χ1n) is 12.8. The first-order chi connectivity index (χ1) is 14.9. The van der Waals surface area contributed by atoms with Crippen molar-refractivity contribution in [3.8, 4) is 0 Å². The molecule has 0 bridgehead atoms. The Morgan fingerprint density at radius 3 is 1.03 bits per heavy atom. The molecular formula is C29H54O3. The Morgan fingerprint density at radius 2 is 0.812 bits per heavy atom. The van der Waals surface area contributed by atoms with E-state index in [4.69, 9.17) is 14.2 Å². The quantitative estimate of drug-likeness (QED) is 0.154. The molecule has 0 aliphatic rings. The molecule has 3 nitrogen and oxygen atoms in total. The Hall–Kier alpha value is -0.900. The van der Waals surface area contributed by atoms with E-state index in [0.717, 1.165) is 38.5 Å². The first-order valence-corrected chi connectivity index (χ1v) is 12.8. The van der Waals surface area contributed by atoms with E-state index >= 15 is 0 Å². The molecule has 0 rings (SSSR count). The van der Waals surface area contributed by atoms with E-state index in [0.29, 0.717) is 37.6 Å². The van der Waals surface area contributed by atoms with E-state index in [1.54, 1.807) is 0 Å². The van der Waals surface area contributed by atoms with Crippen molar-refractivity contribution in [1.82, 2.24) is 0 Å². The van der Waals surface area contributed by atoms with Crippen LogP contribution in [0.5, 0.6) is 0 Å². The van der Waals surface area contributed by atoms with Crippen LogP contribution >= 0.6 is 0 Å². The fourth-order valence-corrected chi connectivity index (χ4v) is 3.23. The van der Waals surface area contributed by atoms with Gasteiger partial charge in [0.05, 0.1) is 19.8 Å². The van der Waals surface area contributed by atoms with Crippen molar-refractivity contribution in [1.29, 1.82) is 0 Å². The molecule has 0 aromatic heterocycles. The van der Waals surface area contributed by atoms with Gasteiger partial charge in [0.25, 0.3) is 5.97 Å². The van der Waals surface area contributed by atoms with E-state index < -0.39 is 5.97 Å². The highest BCUT2D eigenvalue weighted by atomic mass is 16.9. The van der Waals surface area contributed by atoms with Gasteiger partial charge in [-0.05, 0) is 97.8 Å². The van der Waals surface area contributed by atoms with Gasteiger partial charge in [-0.25, -0.2) is 0 Å². The lowest BCUT2D eigenvalue weighted by Crippen LogP contribution is -2.39. The van der Waals surface area contributed by atoms with Crippen LogP contribution in [0, 0.1) is 17.8 Å². The topological polar surface area (TPSA) is 27.7 Å². The fraction of sp³-hybridized carbons (Fsp3) is 0.793. The number of allylic oxidation sites excluding steroid dienone is 6. The van der Waals surface area contributed by atoms with Gasteiger partial charge in [-0.15, -0.1) is 0 Å². The molecule has 0 radical (unpaired) electrons. The number of hydrogen-bond acceptors (Lipinski definition) is 3. The molecule has 3 unspecified atom stereocenters. The molecule has 0 saturated heterocycles. The Bertz CT molecular complexity index is 482. The summed E-state index contributed by atoms with van der Waals surface area (Å²) in [5.74, 6) is 0.396. The molecule has 0 aromatic rings. The van der Waals surface area contributed by atoms with E-state index in [1.807, 2.05) is 6.92 Å². The molecule has 0 aliphatic carbocycles. The minimum atomic E-state index is -0.986. The summed E-state index contributed by atoms with van der Waals surface area (Å²) in [5, 5.41) is 0. The molecule has 0 saturated carbocycles. The standard InChI is InChI=1S/C29H54O3/c1-23(2)14-11-17-26(7)20-30-29(10,31-21-27(8)18-12-15-24(3)4)32-22-28(9)19-13-16-25(5)6/h14-16,26-28H,11-13,17-22H2,1-10H3. The van der Waals surface area contributed by atoms with Gasteiger partial charge >= 0.3 is 0 Å². The zero-order valence-corrected chi connectivity index (χ0v) is 23.1. The van der Waals surface area contributed by atoms with Crippen LogP contribution in [0.2, 0.25) is 0 Å². The molecule has 0 amide bonds. The van der Waals surface area contributed by atoms with Crippen molar-refractivity contribution in [2.75, 3.05) is 19.8 Å². The van der Waals surface area contributed by atoms with Gasteiger partial charge in [-0.1, -0.05) is 55.7 Å². The highest BCUT2D eigenvalue weighted by molar-refractivity contribution is 4.94. The number of rotatable bonds is 18. The second-order valence-corrected chi connectivity index (χ2v) is 10.7. The van der Waals surface area contributed by atoms with Gasteiger partial charge in [0.2, 0.25) is 0 Å². The predicted octanol–water partition coefficient (Wildman–Crippen LogP) is 8.86.